The third-order valence-corrected chi connectivity index (χ3v) is 1.67. The van der Waals surface area contributed by atoms with Crippen molar-refractivity contribution in [3.05, 3.63) is 36.8 Å². The summed E-state index contributed by atoms with van der Waals surface area (Å²) in [4.78, 5) is 22.3. The molecule has 6 heteroatoms. The summed E-state index contributed by atoms with van der Waals surface area (Å²) in [7, 11) is 0. The van der Waals surface area contributed by atoms with Gasteiger partial charge in [-0.25, -0.2) is 15.0 Å². The molecule has 0 bridgehead atoms. The molecule has 2 N–H and O–H groups in total. The monoisotopic (exact) mass is 189 g/mol. The molecule has 0 saturated carbocycles. The summed E-state index contributed by atoms with van der Waals surface area (Å²) in [5.74, 6) is 0.0813. The summed E-state index contributed by atoms with van der Waals surface area (Å²) in [5, 5.41) is 0. The Morgan fingerprint density at radius 3 is 2.86 bits per heavy atom. The van der Waals surface area contributed by atoms with Crippen LogP contribution in [0.5, 0.6) is 0 Å². The molecule has 6 nitrogen and oxygen atoms in total. The van der Waals surface area contributed by atoms with E-state index >= 15 is 0 Å². The summed E-state index contributed by atoms with van der Waals surface area (Å²) in [6, 6.07) is 1.70. The number of rotatable bonds is 2. The van der Waals surface area contributed by atoms with Crippen LogP contribution in [0.25, 0.3) is 5.82 Å². The third kappa shape index (κ3) is 1.45. The Morgan fingerprint density at radius 1 is 1.43 bits per heavy atom. The van der Waals surface area contributed by atoms with E-state index < -0.39 is 5.91 Å². The van der Waals surface area contributed by atoms with Crippen LogP contribution in [0, 0.1) is 0 Å². The zero-order valence-electron chi connectivity index (χ0n) is 7.16. The lowest BCUT2D eigenvalue weighted by molar-refractivity contribution is 0.0996. The molecule has 0 saturated heterocycles. The van der Waals surface area contributed by atoms with Crippen LogP contribution in [0.15, 0.2) is 31.1 Å². The van der Waals surface area contributed by atoms with Gasteiger partial charge in [0.2, 0.25) is 0 Å². The van der Waals surface area contributed by atoms with Crippen molar-refractivity contribution in [1.82, 2.24) is 19.5 Å². The van der Waals surface area contributed by atoms with E-state index in [1.54, 1.807) is 16.8 Å². The second-order valence-electron chi connectivity index (χ2n) is 2.60. The van der Waals surface area contributed by atoms with Crippen molar-refractivity contribution in [3.63, 3.8) is 0 Å². The first-order valence-corrected chi connectivity index (χ1v) is 3.87. The van der Waals surface area contributed by atoms with Gasteiger partial charge in [-0.1, -0.05) is 0 Å². The average Bonchev–Trinajstić information content (AvgIpc) is 2.68. The van der Waals surface area contributed by atoms with Crippen molar-refractivity contribution in [2.75, 3.05) is 0 Å². The van der Waals surface area contributed by atoms with Crippen LogP contribution in [0.2, 0.25) is 0 Å². The molecule has 0 spiro atoms. The number of imidazole rings is 1. The molecule has 70 valence electrons. The fourth-order valence-corrected chi connectivity index (χ4v) is 1.01. The Morgan fingerprint density at radius 2 is 2.29 bits per heavy atom. The molecule has 2 aromatic rings. The predicted molar refractivity (Wildman–Crippen MR) is 47.7 cm³/mol. The van der Waals surface area contributed by atoms with E-state index in [0.717, 1.165) is 0 Å². The molecule has 0 fully saturated rings. The minimum atomic E-state index is -0.558. The first-order valence-electron chi connectivity index (χ1n) is 3.87. The van der Waals surface area contributed by atoms with Gasteiger partial charge in [-0.2, -0.15) is 0 Å². The van der Waals surface area contributed by atoms with Crippen molar-refractivity contribution >= 4 is 5.91 Å². The molecule has 1 amide bonds. The molecule has 2 aromatic heterocycles. The highest BCUT2D eigenvalue weighted by atomic mass is 16.1. The van der Waals surface area contributed by atoms with Crippen LogP contribution < -0.4 is 5.73 Å². The molecular formula is C8H7N5O. The number of amides is 1. The van der Waals surface area contributed by atoms with Crippen molar-refractivity contribution < 1.29 is 4.79 Å². The van der Waals surface area contributed by atoms with E-state index in [1.165, 1.54) is 18.9 Å². The maximum absolute atomic E-state index is 10.8. The van der Waals surface area contributed by atoms with Gasteiger partial charge in [0, 0.05) is 12.4 Å². The maximum Gasteiger partial charge on any atom is 0.268 e. The van der Waals surface area contributed by atoms with Crippen molar-refractivity contribution in [2.24, 2.45) is 5.73 Å². The zero-order valence-corrected chi connectivity index (χ0v) is 7.16. The Labute approximate surface area is 79.4 Å². The lowest BCUT2D eigenvalue weighted by Gasteiger charge is -1.96. The first-order chi connectivity index (χ1) is 6.77. The van der Waals surface area contributed by atoms with Crippen LogP contribution in [0.3, 0.4) is 0 Å². The Balaban J connectivity index is 2.39. The summed E-state index contributed by atoms with van der Waals surface area (Å²) >= 11 is 0. The molecule has 0 atom stereocenters. The van der Waals surface area contributed by atoms with Crippen molar-refractivity contribution in [1.29, 1.82) is 0 Å². The highest BCUT2D eigenvalue weighted by Gasteiger charge is 2.05. The molecule has 2 rings (SSSR count). The summed E-state index contributed by atoms with van der Waals surface area (Å²) < 4.78 is 1.60. The number of aromatic nitrogens is 4. The topological polar surface area (TPSA) is 86.7 Å². The molecule has 2 heterocycles. The number of nitrogens with two attached hydrogens (primary N) is 1. The van der Waals surface area contributed by atoms with E-state index in [1.807, 2.05) is 0 Å². The smallest absolute Gasteiger partial charge is 0.268 e. The molecule has 0 radical (unpaired) electrons. The second kappa shape index (κ2) is 3.25. The van der Waals surface area contributed by atoms with Gasteiger partial charge in [-0.05, 0) is 6.07 Å². The first kappa shape index (κ1) is 8.36. The van der Waals surface area contributed by atoms with E-state index in [2.05, 4.69) is 15.0 Å². The van der Waals surface area contributed by atoms with Crippen molar-refractivity contribution in [3.8, 4) is 5.82 Å². The minimum absolute atomic E-state index is 0.212. The van der Waals surface area contributed by atoms with Crippen LogP contribution in [-0.2, 0) is 0 Å². The fraction of sp³-hybridized carbons (Fsp3) is 0. The van der Waals surface area contributed by atoms with E-state index in [4.69, 9.17) is 5.73 Å². The predicted octanol–water partition coefficient (Wildman–Crippen LogP) is -0.239. The molecule has 0 aliphatic carbocycles. The van der Waals surface area contributed by atoms with Crippen LogP contribution >= 0.6 is 0 Å². The third-order valence-electron chi connectivity index (χ3n) is 1.67. The van der Waals surface area contributed by atoms with Gasteiger partial charge in [0.1, 0.15) is 24.2 Å². The van der Waals surface area contributed by atoms with E-state index in [0.29, 0.717) is 5.82 Å². The highest BCUT2D eigenvalue weighted by molar-refractivity contribution is 5.90. The van der Waals surface area contributed by atoms with Crippen molar-refractivity contribution in [2.45, 2.75) is 0 Å². The summed E-state index contributed by atoms with van der Waals surface area (Å²) in [6.07, 6.45) is 6.01. The van der Waals surface area contributed by atoms with E-state index in [9.17, 15) is 4.79 Å². The van der Waals surface area contributed by atoms with Crippen LogP contribution in [-0.4, -0.2) is 25.4 Å². The quantitative estimate of drug-likeness (QED) is 0.706. The molecule has 0 aliphatic rings. The fourth-order valence-electron chi connectivity index (χ4n) is 1.01. The lowest BCUT2D eigenvalue weighted by atomic mass is 10.4. The Kier molecular flexibility index (Phi) is 1.94. The minimum Gasteiger partial charge on any atom is -0.364 e. The van der Waals surface area contributed by atoms with Gasteiger partial charge in [-0.15, -0.1) is 0 Å². The molecule has 0 aromatic carbocycles. The molecular weight excluding hydrogens is 182 g/mol. The second-order valence-corrected chi connectivity index (χ2v) is 2.60. The molecule has 0 aliphatic heterocycles. The largest absolute Gasteiger partial charge is 0.364 e. The van der Waals surface area contributed by atoms with Gasteiger partial charge in [0.05, 0.1) is 0 Å². The van der Waals surface area contributed by atoms with Crippen LogP contribution in [0.1, 0.15) is 10.5 Å². The Bertz CT molecular complexity index is 450. The number of carbonyl (C=O) groups is 1. The highest BCUT2D eigenvalue weighted by Crippen LogP contribution is 2.02. The zero-order chi connectivity index (χ0) is 9.97. The van der Waals surface area contributed by atoms with E-state index in [-0.39, 0.29) is 5.69 Å². The lowest BCUT2D eigenvalue weighted by Crippen LogP contribution is -2.11. The summed E-state index contributed by atoms with van der Waals surface area (Å²) in [6.45, 7) is 0. The van der Waals surface area contributed by atoms with Gasteiger partial charge < -0.3 is 5.73 Å². The average molecular weight is 189 g/mol. The van der Waals surface area contributed by atoms with Crippen LogP contribution in [0.4, 0.5) is 0 Å². The summed E-state index contributed by atoms with van der Waals surface area (Å²) in [5.41, 5.74) is 5.27. The molecule has 0 unspecified atom stereocenters. The SMILES string of the molecule is NC(=O)c1cn(-c2ccncn2)cn1. The van der Waals surface area contributed by atoms with Gasteiger partial charge >= 0.3 is 0 Å². The number of nitrogens with zero attached hydrogens (tertiary/aromatic N) is 4. The van der Waals surface area contributed by atoms with Gasteiger partial charge in [0.15, 0.2) is 0 Å². The number of carbonyl (C=O) groups excluding carboxylic acids is 1. The number of primary amides is 1. The Hall–Kier alpha value is -2.24. The number of hydrogen-bond donors (Lipinski definition) is 1. The standard InChI is InChI=1S/C8H7N5O/c9-8(14)6-3-13(5-12-6)7-1-2-10-4-11-7/h1-5H,(H2,9,14). The molecule has 14 heavy (non-hydrogen) atoms. The van der Waals surface area contributed by atoms with Gasteiger partial charge in [0.25, 0.3) is 5.91 Å². The number of hydrogen-bond acceptors (Lipinski definition) is 4. The maximum atomic E-state index is 10.8. The normalized spacial score (nSPS) is 10.0. The van der Waals surface area contributed by atoms with Gasteiger partial charge in [-0.3, -0.25) is 9.36 Å².